The number of hydrogen-bond acceptors (Lipinski definition) is 3. The highest BCUT2D eigenvalue weighted by Gasteiger charge is 2.35. The Morgan fingerprint density at radius 3 is 2.44 bits per heavy atom. The summed E-state index contributed by atoms with van der Waals surface area (Å²) in [7, 11) is 1.76. The molecule has 0 unspecified atom stereocenters. The molecular weight excluding hydrogens is 340 g/mol. The van der Waals surface area contributed by atoms with Crippen LogP contribution in [0.25, 0.3) is 0 Å². The van der Waals surface area contributed by atoms with E-state index < -0.39 is 0 Å². The topological polar surface area (TPSA) is 78.7 Å². The van der Waals surface area contributed by atoms with Gasteiger partial charge in [0.1, 0.15) is 0 Å². The summed E-state index contributed by atoms with van der Waals surface area (Å²) in [5, 5.41) is 9.55. The van der Waals surface area contributed by atoms with Gasteiger partial charge in [-0.3, -0.25) is 9.79 Å². The smallest absolute Gasteiger partial charge is 0.287 e. The summed E-state index contributed by atoms with van der Waals surface area (Å²) in [6.07, 6.45) is 6.41. The minimum Gasteiger partial charge on any atom is -0.459 e. The van der Waals surface area contributed by atoms with E-state index in [-0.39, 0.29) is 11.3 Å². The summed E-state index contributed by atoms with van der Waals surface area (Å²) in [5.74, 6) is 0.867. The summed E-state index contributed by atoms with van der Waals surface area (Å²) in [4.78, 5) is 16.1. The Bertz CT molecular complexity index is 735. The summed E-state index contributed by atoms with van der Waals surface area (Å²) >= 11 is 0. The third kappa shape index (κ3) is 4.90. The second kappa shape index (κ2) is 9.26. The first-order valence-corrected chi connectivity index (χ1v) is 9.55. The van der Waals surface area contributed by atoms with Gasteiger partial charge in [-0.1, -0.05) is 43.2 Å². The first-order chi connectivity index (χ1) is 13.2. The molecule has 1 aliphatic carbocycles. The molecule has 1 amide bonds. The van der Waals surface area contributed by atoms with Crippen molar-refractivity contribution in [1.82, 2.24) is 16.0 Å². The molecule has 0 atom stereocenters. The molecule has 3 N–H and O–H groups in total. The lowest BCUT2D eigenvalue weighted by Gasteiger charge is -2.30. The van der Waals surface area contributed by atoms with Crippen LogP contribution in [0.15, 0.2) is 58.1 Å². The van der Waals surface area contributed by atoms with Crippen LogP contribution in [0, 0.1) is 0 Å². The van der Waals surface area contributed by atoms with E-state index in [1.54, 1.807) is 19.2 Å². The highest BCUT2D eigenvalue weighted by molar-refractivity contribution is 5.91. The molecule has 1 fully saturated rings. The Balaban J connectivity index is 1.46. The highest BCUT2D eigenvalue weighted by Crippen LogP contribution is 2.40. The molecule has 1 aromatic heterocycles. The number of aliphatic imine (C=N–C) groups is 1. The lowest BCUT2D eigenvalue weighted by Crippen LogP contribution is -2.46. The quantitative estimate of drug-likeness (QED) is 0.399. The highest BCUT2D eigenvalue weighted by atomic mass is 16.3. The third-order valence-electron chi connectivity index (χ3n) is 5.21. The number of furan rings is 1. The molecule has 1 saturated carbocycles. The molecule has 0 spiro atoms. The van der Waals surface area contributed by atoms with E-state index >= 15 is 0 Å². The van der Waals surface area contributed by atoms with Crippen LogP contribution in [0.2, 0.25) is 0 Å². The van der Waals surface area contributed by atoms with Crippen LogP contribution in [0.4, 0.5) is 0 Å². The van der Waals surface area contributed by atoms with Gasteiger partial charge in [-0.25, -0.2) is 0 Å². The van der Waals surface area contributed by atoms with Crippen molar-refractivity contribution in [3.8, 4) is 0 Å². The van der Waals surface area contributed by atoms with Crippen LogP contribution >= 0.6 is 0 Å². The summed E-state index contributed by atoms with van der Waals surface area (Å²) in [5.41, 5.74) is 1.57. The fourth-order valence-corrected chi connectivity index (χ4v) is 3.74. The second-order valence-electron chi connectivity index (χ2n) is 6.94. The van der Waals surface area contributed by atoms with Gasteiger partial charge in [0.25, 0.3) is 5.91 Å². The zero-order chi connectivity index (χ0) is 19.0. The zero-order valence-corrected chi connectivity index (χ0v) is 15.8. The first kappa shape index (κ1) is 19.0. The fraction of sp³-hybridized carbons (Fsp3) is 0.429. The summed E-state index contributed by atoms with van der Waals surface area (Å²) in [6.45, 7) is 1.93. The van der Waals surface area contributed by atoms with Crippen molar-refractivity contribution in [3.63, 3.8) is 0 Å². The Morgan fingerprint density at radius 2 is 1.78 bits per heavy atom. The van der Waals surface area contributed by atoms with Crippen molar-refractivity contribution in [2.75, 3.05) is 26.7 Å². The van der Waals surface area contributed by atoms with Gasteiger partial charge in [-0.05, 0) is 30.5 Å². The normalized spacial score (nSPS) is 16.1. The monoisotopic (exact) mass is 368 g/mol. The van der Waals surface area contributed by atoms with Gasteiger partial charge in [-0.15, -0.1) is 0 Å². The van der Waals surface area contributed by atoms with Gasteiger partial charge in [0.15, 0.2) is 11.7 Å². The molecule has 1 aromatic carbocycles. The molecule has 27 heavy (non-hydrogen) atoms. The van der Waals surface area contributed by atoms with Crippen molar-refractivity contribution in [2.24, 2.45) is 4.99 Å². The number of hydrogen-bond donors (Lipinski definition) is 3. The lowest BCUT2D eigenvalue weighted by molar-refractivity contribution is 0.0926. The molecule has 3 rings (SSSR count). The maximum absolute atomic E-state index is 11.8. The summed E-state index contributed by atoms with van der Waals surface area (Å²) in [6, 6.07) is 14.1. The molecule has 6 heteroatoms. The number of carbonyl (C=O) groups is 1. The molecular formula is C21H28N4O2. The van der Waals surface area contributed by atoms with E-state index in [1.165, 1.54) is 37.5 Å². The minimum atomic E-state index is -0.210. The van der Waals surface area contributed by atoms with Crippen molar-refractivity contribution < 1.29 is 9.21 Å². The Kier molecular flexibility index (Phi) is 6.52. The predicted molar refractivity (Wildman–Crippen MR) is 107 cm³/mol. The van der Waals surface area contributed by atoms with E-state index in [2.05, 4.69) is 51.3 Å². The van der Waals surface area contributed by atoms with E-state index in [0.29, 0.717) is 18.8 Å². The van der Waals surface area contributed by atoms with Crippen LogP contribution in [-0.2, 0) is 5.41 Å². The lowest BCUT2D eigenvalue weighted by atomic mass is 9.79. The number of nitrogens with one attached hydrogen (secondary N) is 3. The van der Waals surface area contributed by atoms with Crippen LogP contribution in [-0.4, -0.2) is 38.5 Å². The molecule has 2 aromatic rings. The van der Waals surface area contributed by atoms with Gasteiger partial charge < -0.3 is 20.4 Å². The van der Waals surface area contributed by atoms with Crippen molar-refractivity contribution in [2.45, 2.75) is 31.1 Å². The molecule has 0 radical (unpaired) electrons. The van der Waals surface area contributed by atoms with Crippen LogP contribution < -0.4 is 16.0 Å². The van der Waals surface area contributed by atoms with Gasteiger partial charge in [0.2, 0.25) is 0 Å². The van der Waals surface area contributed by atoms with Gasteiger partial charge in [0, 0.05) is 32.1 Å². The maximum Gasteiger partial charge on any atom is 0.287 e. The van der Waals surface area contributed by atoms with Gasteiger partial charge in [-0.2, -0.15) is 0 Å². The molecule has 6 nitrogen and oxygen atoms in total. The average molecular weight is 368 g/mol. The first-order valence-electron chi connectivity index (χ1n) is 9.55. The van der Waals surface area contributed by atoms with Gasteiger partial charge in [0.05, 0.1) is 6.26 Å². The van der Waals surface area contributed by atoms with Crippen molar-refractivity contribution in [3.05, 3.63) is 60.1 Å². The Morgan fingerprint density at radius 1 is 1.04 bits per heavy atom. The second-order valence-corrected chi connectivity index (χ2v) is 6.94. The molecule has 1 heterocycles. The molecule has 1 aliphatic rings. The number of benzene rings is 1. The van der Waals surface area contributed by atoms with Crippen molar-refractivity contribution >= 4 is 11.9 Å². The van der Waals surface area contributed by atoms with Crippen LogP contribution in [0.1, 0.15) is 41.8 Å². The maximum atomic E-state index is 11.8. The number of guanidine groups is 1. The molecule has 144 valence electrons. The van der Waals surface area contributed by atoms with Crippen LogP contribution in [0.3, 0.4) is 0 Å². The van der Waals surface area contributed by atoms with E-state index in [4.69, 9.17) is 4.42 Å². The third-order valence-corrected chi connectivity index (χ3v) is 5.21. The number of amides is 1. The number of nitrogens with zero attached hydrogens (tertiary/aromatic N) is 1. The van der Waals surface area contributed by atoms with E-state index in [9.17, 15) is 4.79 Å². The zero-order valence-electron chi connectivity index (χ0n) is 15.8. The van der Waals surface area contributed by atoms with Gasteiger partial charge >= 0.3 is 0 Å². The SMILES string of the molecule is CN=C(NCCNC(=O)c1ccco1)NCC1(c2ccccc2)CCCC1. The Labute approximate surface area is 160 Å². The van der Waals surface area contributed by atoms with E-state index in [0.717, 1.165) is 12.5 Å². The Hall–Kier alpha value is -2.76. The molecule has 0 saturated heterocycles. The summed E-state index contributed by atoms with van der Waals surface area (Å²) < 4.78 is 5.07. The number of carbonyl (C=O) groups excluding carboxylic acids is 1. The largest absolute Gasteiger partial charge is 0.459 e. The number of rotatable bonds is 7. The van der Waals surface area contributed by atoms with Crippen LogP contribution in [0.5, 0.6) is 0 Å². The fourth-order valence-electron chi connectivity index (χ4n) is 3.74. The predicted octanol–water partition coefficient (Wildman–Crippen LogP) is 2.69. The van der Waals surface area contributed by atoms with Crippen molar-refractivity contribution in [1.29, 1.82) is 0 Å². The average Bonchev–Trinajstić information content (AvgIpc) is 3.41. The molecule has 0 bridgehead atoms. The minimum absolute atomic E-state index is 0.173. The molecule has 0 aliphatic heterocycles. The standard InChI is InChI=1S/C21H28N4O2/c1-22-20(24-14-13-23-19(26)18-10-7-15-27-18)25-16-21(11-5-6-12-21)17-8-3-2-4-9-17/h2-4,7-10,15H,5-6,11-14,16H2,1H3,(H,23,26)(H2,22,24,25). The van der Waals surface area contributed by atoms with E-state index in [1.807, 2.05) is 0 Å².